The average Bonchev–Trinajstić information content (AvgIpc) is 2.86. The van der Waals surface area contributed by atoms with Crippen LogP contribution in [-0.2, 0) is 10.2 Å². The van der Waals surface area contributed by atoms with E-state index in [2.05, 4.69) is 36.4 Å². The summed E-state index contributed by atoms with van der Waals surface area (Å²) in [6, 6.07) is 5.73. The summed E-state index contributed by atoms with van der Waals surface area (Å²) in [7, 11) is 0. The molecule has 2 amide bonds. The summed E-state index contributed by atoms with van der Waals surface area (Å²) >= 11 is 0. The average molecular weight is 316 g/mol. The molecule has 0 aliphatic carbocycles. The lowest BCUT2D eigenvalue weighted by molar-refractivity contribution is -0.118. The number of carbonyl (C=O) groups excluding carboxylic acids is 2. The largest absolute Gasteiger partial charge is 0.356 e. The maximum absolute atomic E-state index is 12.4. The zero-order chi connectivity index (χ0) is 17.0. The molecule has 0 unspecified atom stereocenters. The Morgan fingerprint density at radius 2 is 1.87 bits per heavy atom. The lowest BCUT2D eigenvalue weighted by Crippen LogP contribution is -2.29. The van der Waals surface area contributed by atoms with E-state index in [1.54, 1.807) is 0 Å². The molecule has 0 aromatic carbocycles. The molecular formula is C17H24N4O2. The smallest absolute Gasteiger partial charge is 0.272 e. The van der Waals surface area contributed by atoms with Crippen LogP contribution in [0.3, 0.4) is 0 Å². The number of pyridine rings is 1. The summed E-state index contributed by atoms with van der Waals surface area (Å²) in [6.07, 6.45) is 2.61. The van der Waals surface area contributed by atoms with Crippen LogP contribution in [0, 0.1) is 0 Å². The summed E-state index contributed by atoms with van der Waals surface area (Å²) in [4.78, 5) is 27.8. The third-order valence-corrected chi connectivity index (χ3v) is 3.45. The third kappa shape index (κ3) is 4.09. The van der Waals surface area contributed by atoms with E-state index in [1.165, 1.54) is 6.92 Å². The summed E-state index contributed by atoms with van der Waals surface area (Å²) in [5, 5.41) is 5.57. The minimum Gasteiger partial charge on any atom is -0.356 e. The van der Waals surface area contributed by atoms with Gasteiger partial charge in [0.1, 0.15) is 5.82 Å². The Bertz CT molecular complexity index is 713. The van der Waals surface area contributed by atoms with Crippen molar-refractivity contribution in [3.05, 3.63) is 35.9 Å². The molecule has 0 bridgehead atoms. The van der Waals surface area contributed by atoms with E-state index in [0.717, 1.165) is 11.3 Å². The summed E-state index contributed by atoms with van der Waals surface area (Å²) in [6.45, 7) is 8.74. The first kappa shape index (κ1) is 17.0. The molecule has 0 aliphatic heterocycles. The third-order valence-electron chi connectivity index (χ3n) is 3.45. The predicted octanol–water partition coefficient (Wildman–Crippen LogP) is 1.89. The number of fused-ring (bicyclic) bond motifs is 1. The van der Waals surface area contributed by atoms with Gasteiger partial charge in [0.2, 0.25) is 5.91 Å². The fourth-order valence-electron chi connectivity index (χ4n) is 2.37. The van der Waals surface area contributed by atoms with Crippen LogP contribution in [0.5, 0.6) is 0 Å². The van der Waals surface area contributed by atoms with Crippen molar-refractivity contribution in [3.8, 4) is 0 Å². The highest BCUT2D eigenvalue weighted by Crippen LogP contribution is 2.24. The Hall–Kier alpha value is -2.37. The van der Waals surface area contributed by atoms with Crippen LogP contribution in [0.25, 0.3) is 5.52 Å². The van der Waals surface area contributed by atoms with E-state index in [9.17, 15) is 9.59 Å². The zero-order valence-corrected chi connectivity index (χ0v) is 14.1. The first-order valence-corrected chi connectivity index (χ1v) is 7.81. The zero-order valence-electron chi connectivity index (χ0n) is 14.1. The molecule has 6 nitrogen and oxygen atoms in total. The lowest BCUT2D eigenvalue weighted by Gasteiger charge is -2.16. The number of hydrogen-bond acceptors (Lipinski definition) is 3. The van der Waals surface area contributed by atoms with E-state index in [-0.39, 0.29) is 17.2 Å². The fraction of sp³-hybridized carbons (Fsp3) is 0.471. The highest BCUT2D eigenvalue weighted by Gasteiger charge is 2.24. The molecule has 0 aliphatic rings. The molecule has 2 heterocycles. The molecule has 23 heavy (non-hydrogen) atoms. The summed E-state index contributed by atoms with van der Waals surface area (Å²) in [5.74, 6) is 0.606. The van der Waals surface area contributed by atoms with Gasteiger partial charge in [-0.3, -0.25) is 9.59 Å². The quantitative estimate of drug-likeness (QED) is 0.827. The van der Waals surface area contributed by atoms with Gasteiger partial charge in [-0.15, -0.1) is 0 Å². The Labute approximate surface area is 136 Å². The summed E-state index contributed by atoms with van der Waals surface area (Å²) < 4.78 is 1.96. The molecule has 2 rings (SSSR count). The Balaban J connectivity index is 2.13. The number of aromatic nitrogens is 2. The number of carbonyl (C=O) groups is 2. The second-order valence-corrected chi connectivity index (χ2v) is 6.58. The van der Waals surface area contributed by atoms with E-state index >= 15 is 0 Å². The fourth-order valence-corrected chi connectivity index (χ4v) is 2.37. The van der Waals surface area contributed by atoms with Gasteiger partial charge in [-0.2, -0.15) is 0 Å². The number of hydrogen-bond donors (Lipinski definition) is 2. The van der Waals surface area contributed by atoms with Crippen molar-refractivity contribution in [2.24, 2.45) is 0 Å². The van der Waals surface area contributed by atoms with E-state index in [4.69, 9.17) is 0 Å². The highest BCUT2D eigenvalue weighted by molar-refractivity contribution is 5.99. The normalized spacial score (nSPS) is 11.5. The van der Waals surface area contributed by atoms with Gasteiger partial charge < -0.3 is 15.0 Å². The molecule has 2 N–H and O–H groups in total. The molecule has 0 saturated carbocycles. The maximum atomic E-state index is 12.4. The number of nitrogens with one attached hydrogen (secondary N) is 2. The van der Waals surface area contributed by atoms with Crippen LogP contribution < -0.4 is 10.6 Å². The lowest BCUT2D eigenvalue weighted by atomic mass is 9.96. The molecule has 0 radical (unpaired) electrons. The Kier molecular flexibility index (Phi) is 5.03. The van der Waals surface area contributed by atoms with Gasteiger partial charge in [-0.1, -0.05) is 26.8 Å². The standard InChI is InChI=1S/C17H24N4O2/c1-12(22)18-9-7-10-19-15(23)14-13-8-5-6-11-21(13)16(20-14)17(2,3)4/h5-6,8,11H,7,9-10H2,1-4H3,(H,18,22)(H,19,23). The Morgan fingerprint density at radius 3 is 2.52 bits per heavy atom. The van der Waals surface area contributed by atoms with Gasteiger partial charge in [0.05, 0.1) is 5.52 Å². The molecule has 6 heteroatoms. The van der Waals surface area contributed by atoms with Gasteiger partial charge >= 0.3 is 0 Å². The van der Waals surface area contributed by atoms with Crippen molar-refractivity contribution in [1.82, 2.24) is 20.0 Å². The van der Waals surface area contributed by atoms with E-state index in [0.29, 0.717) is 25.2 Å². The minimum atomic E-state index is -0.188. The highest BCUT2D eigenvalue weighted by atomic mass is 16.2. The van der Waals surface area contributed by atoms with Crippen LogP contribution in [0.1, 0.15) is 50.4 Å². The van der Waals surface area contributed by atoms with Gasteiger partial charge in [-0.05, 0) is 18.6 Å². The Morgan fingerprint density at radius 1 is 1.17 bits per heavy atom. The molecule has 0 atom stereocenters. The van der Waals surface area contributed by atoms with Crippen molar-refractivity contribution in [1.29, 1.82) is 0 Å². The van der Waals surface area contributed by atoms with E-state index < -0.39 is 0 Å². The topological polar surface area (TPSA) is 75.5 Å². The second kappa shape index (κ2) is 6.81. The van der Waals surface area contributed by atoms with Gasteiger partial charge in [0.15, 0.2) is 5.69 Å². The second-order valence-electron chi connectivity index (χ2n) is 6.58. The number of imidazole rings is 1. The van der Waals surface area contributed by atoms with Gasteiger partial charge in [-0.25, -0.2) is 4.98 Å². The SMILES string of the molecule is CC(=O)NCCCNC(=O)c1nc(C(C)(C)C)n2ccccc12. The van der Waals surface area contributed by atoms with Crippen LogP contribution in [0.2, 0.25) is 0 Å². The molecule has 0 spiro atoms. The van der Waals surface area contributed by atoms with Crippen molar-refractivity contribution in [3.63, 3.8) is 0 Å². The molecular weight excluding hydrogens is 292 g/mol. The monoisotopic (exact) mass is 316 g/mol. The van der Waals surface area contributed by atoms with Crippen LogP contribution in [-0.4, -0.2) is 34.3 Å². The molecule has 124 valence electrons. The van der Waals surface area contributed by atoms with E-state index in [1.807, 2.05) is 28.8 Å². The molecule has 2 aromatic heterocycles. The first-order chi connectivity index (χ1) is 10.8. The molecule has 2 aromatic rings. The first-order valence-electron chi connectivity index (χ1n) is 7.81. The molecule has 0 saturated heterocycles. The predicted molar refractivity (Wildman–Crippen MR) is 89.5 cm³/mol. The van der Waals surface area contributed by atoms with Gasteiger partial charge in [0.25, 0.3) is 5.91 Å². The van der Waals surface area contributed by atoms with Gasteiger partial charge in [0, 0.05) is 31.6 Å². The van der Waals surface area contributed by atoms with Crippen molar-refractivity contribution in [2.75, 3.05) is 13.1 Å². The maximum Gasteiger partial charge on any atom is 0.272 e. The number of amides is 2. The van der Waals surface area contributed by atoms with Crippen LogP contribution in [0.15, 0.2) is 24.4 Å². The van der Waals surface area contributed by atoms with Crippen molar-refractivity contribution < 1.29 is 9.59 Å². The van der Waals surface area contributed by atoms with Crippen molar-refractivity contribution in [2.45, 2.75) is 39.5 Å². The summed E-state index contributed by atoms with van der Waals surface area (Å²) in [5.41, 5.74) is 1.08. The number of rotatable bonds is 5. The van der Waals surface area contributed by atoms with Crippen LogP contribution >= 0.6 is 0 Å². The molecule has 0 fully saturated rings. The minimum absolute atomic E-state index is 0.0637. The van der Waals surface area contributed by atoms with Crippen molar-refractivity contribution >= 4 is 17.3 Å². The van der Waals surface area contributed by atoms with Crippen LogP contribution in [0.4, 0.5) is 0 Å². The number of nitrogens with zero attached hydrogens (tertiary/aromatic N) is 2.